The van der Waals surface area contributed by atoms with Crippen molar-refractivity contribution < 1.29 is 8.78 Å². The summed E-state index contributed by atoms with van der Waals surface area (Å²) in [5.41, 5.74) is 1.96. The summed E-state index contributed by atoms with van der Waals surface area (Å²) in [5.74, 6) is -0.457. The fourth-order valence-corrected chi connectivity index (χ4v) is 2.74. The molecule has 0 spiro atoms. The number of rotatable bonds is 3. The summed E-state index contributed by atoms with van der Waals surface area (Å²) in [5, 5.41) is 12.9. The minimum Gasteiger partial charge on any atom is -0.326 e. The van der Waals surface area contributed by atoms with Gasteiger partial charge in [0.1, 0.15) is 11.6 Å². The van der Waals surface area contributed by atoms with Crippen LogP contribution >= 0.6 is 0 Å². The first kappa shape index (κ1) is 16.9. The van der Waals surface area contributed by atoms with Gasteiger partial charge in [-0.25, -0.2) is 8.78 Å². The summed E-state index contributed by atoms with van der Waals surface area (Å²) in [6, 6.07) is 14.9. The van der Waals surface area contributed by atoms with Gasteiger partial charge in [0.25, 0.3) is 0 Å². The molecule has 0 unspecified atom stereocenters. The van der Waals surface area contributed by atoms with Gasteiger partial charge in [-0.1, -0.05) is 25.1 Å². The molecule has 0 aliphatic heterocycles. The fraction of sp³-hybridized carbons (Fsp3) is 0.150. The van der Waals surface area contributed by atoms with E-state index in [1.54, 1.807) is 36.2 Å². The van der Waals surface area contributed by atoms with Crippen molar-refractivity contribution in [2.24, 2.45) is 0 Å². The van der Waals surface area contributed by atoms with Gasteiger partial charge in [-0.3, -0.25) is 5.41 Å². The van der Waals surface area contributed by atoms with Crippen molar-refractivity contribution in [2.45, 2.75) is 13.3 Å². The molecule has 3 nitrogen and oxygen atoms in total. The van der Waals surface area contributed by atoms with Crippen LogP contribution in [0.25, 0.3) is 10.8 Å². The second kappa shape index (κ2) is 6.89. The van der Waals surface area contributed by atoms with E-state index >= 15 is 0 Å². The molecule has 25 heavy (non-hydrogen) atoms. The number of hydrogen-bond donors (Lipinski definition) is 2. The molecule has 5 heteroatoms. The molecule has 0 bridgehead atoms. The maximum atomic E-state index is 13.7. The molecule has 0 amide bonds. The van der Waals surface area contributed by atoms with Crippen molar-refractivity contribution in [3.63, 3.8) is 0 Å². The van der Waals surface area contributed by atoms with Crippen LogP contribution in [0.15, 0.2) is 54.6 Å². The van der Waals surface area contributed by atoms with Gasteiger partial charge in [-0.15, -0.1) is 0 Å². The van der Waals surface area contributed by atoms with Crippen molar-refractivity contribution >= 4 is 28.1 Å². The van der Waals surface area contributed by atoms with E-state index in [1.165, 1.54) is 18.2 Å². The number of aryl methyl sites for hydroxylation is 1. The summed E-state index contributed by atoms with van der Waals surface area (Å²) in [4.78, 5) is 1.62. The number of fused-ring (bicyclic) bond motifs is 1. The second-order valence-corrected chi connectivity index (χ2v) is 5.83. The molecule has 0 aliphatic carbocycles. The first-order valence-corrected chi connectivity index (χ1v) is 8.05. The molecule has 0 fully saturated rings. The van der Waals surface area contributed by atoms with Crippen LogP contribution in [0.3, 0.4) is 0 Å². The molecule has 3 rings (SSSR count). The van der Waals surface area contributed by atoms with E-state index in [1.807, 2.05) is 19.1 Å². The average molecular weight is 339 g/mol. The van der Waals surface area contributed by atoms with Gasteiger partial charge < -0.3 is 10.2 Å². The molecule has 0 saturated carbocycles. The van der Waals surface area contributed by atoms with Gasteiger partial charge in [0.05, 0.1) is 0 Å². The predicted octanol–water partition coefficient (Wildman–Crippen LogP) is 5.16. The molecule has 0 radical (unpaired) electrons. The molecule has 0 aliphatic rings. The quantitative estimate of drug-likeness (QED) is 0.511. The minimum absolute atomic E-state index is 0.116. The third kappa shape index (κ3) is 3.45. The minimum atomic E-state index is -0.326. The van der Waals surface area contributed by atoms with Crippen LogP contribution in [0.4, 0.5) is 20.2 Å². The lowest BCUT2D eigenvalue weighted by Crippen LogP contribution is -2.32. The molecule has 0 aromatic heterocycles. The Balaban J connectivity index is 1.88. The van der Waals surface area contributed by atoms with E-state index < -0.39 is 0 Å². The van der Waals surface area contributed by atoms with Crippen LogP contribution in [0.5, 0.6) is 0 Å². The van der Waals surface area contributed by atoms with Crippen molar-refractivity contribution in [1.29, 1.82) is 5.41 Å². The topological polar surface area (TPSA) is 39.1 Å². The highest BCUT2D eigenvalue weighted by molar-refractivity contribution is 6.08. The molecule has 3 aromatic rings. The van der Waals surface area contributed by atoms with E-state index in [0.29, 0.717) is 28.7 Å². The lowest BCUT2D eigenvalue weighted by atomic mass is 10.1. The van der Waals surface area contributed by atoms with Gasteiger partial charge in [-0.2, -0.15) is 0 Å². The molecule has 128 valence electrons. The van der Waals surface area contributed by atoms with E-state index in [4.69, 9.17) is 5.41 Å². The number of benzene rings is 3. The Morgan fingerprint density at radius 1 is 1.08 bits per heavy atom. The number of hydrogen-bond acceptors (Lipinski definition) is 1. The molecular weight excluding hydrogens is 320 g/mol. The van der Waals surface area contributed by atoms with Crippen LogP contribution in [-0.4, -0.2) is 13.0 Å². The molecule has 3 aromatic carbocycles. The monoisotopic (exact) mass is 339 g/mol. The van der Waals surface area contributed by atoms with Crippen molar-refractivity contribution in [3.8, 4) is 0 Å². The third-order valence-electron chi connectivity index (χ3n) is 4.23. The normalized spacial score (nSPS) is 10.7. The van der Waals surface area contributed by atoms with Crippen LogP contribution in [-0.2, 0) is 6.42 Å². The lowest BCUT2D eigenvalue weighted by molar-refractivity contribution is 0.612. The maximum absolute atomic E-state index is 13.7. The van der Waals surface area contributed by atoms with E-state index in [0.717, 1.165) is 5.39 Å². The smallest absolute Gasteiger partial charge is 0.199 e. The standard InChI is InChI=1S/C20H19F2N3/c1-3-13-11-16(9-10-18(13)22)25(2)20(23)24-19-6-4-5-14-7-8-15(21)12-17(14)19/h4-12H,3H2,1-2H3,(H2,23,24). The molecule has 0 heterocycles. The molecule has 2 N–H and O–H groups in total. The SMILES string of the molecule is CCc1cc(N(C)C(=N)Nc2cccc3ccc(F)cc23)ccc1F. The van der Waals surface area contributed by atoms with Gasteiger partial charge >= 0.3 is 0 Å². The summed E-state index contributed by atoms with van der Waals surface area (Å²) in [6.45, 7) is 1.89. The van der Waals surface area contributed by atoms with Gasteiger partial charge in [-0.05, 0) is 53.8 Å². The Labute approximate surface area is 145 Å². The predicted molar refractivity (Wildman–Crippen MR) is 99.4 cm³/mol. The molecule has 0 saturated heterocycles. The zero-order valence-corrected chi connectivity index (χ0v) is 14.1. The average Bonchev–Trinajstić information content (AvgIpc) is 2.62. The van der Waals surface area contributed by atoms with E-state index in [2.05, 4.69) is 5.32 Å². The number of guanidine groups is 1. The highest BCUT2D eigenvalue weighted by Gasteiger charge is 2.11. The number of anilines is 2. The number of nitrogens with zero attached hydrogens (tertiary/aromatic N) is 1. The Bertz CT molecular complexity index is 937. The first-order valence-electron chi connectivity index (χ1n) is 8.05. The van der Waals surface area contributed by atoms with E-state index in [9.17, 15) is 8.78 Å². The third-order valence-corrected chi connectivity index (χ3v) is 4.23. The van der Waals surface area contributed by atoms with Crippen LogP contribution in [0, 0.1) is 17.0 Å². The van der Waals surface area contributed by atoms with Crippen molar-refractivity contribution in [3.05, 3.63) is 71.8 Å². The summed E-state index contributed by atoms with van der Waals surface area (Å²) >= 11 is 0. The fourth-order valence-electron chi connectivity index (χ4n) is 2.74. The largest absolute Gasteiger partial charge is 0.326 e. The Hall–Kier alpha value is -2.95. The second-order valence-electron chi connectivity index (χ2n) is 5.83. The van der Waals surface area contributed by atoms with Crippen LogP contribution < -0.4 is 10.2 Å². The number of halogens is 2. The Morgan fingerprint density at radius 2 is 1.88 bits per heavy atom. The number of nitrogens with one attached hydrogen (secondary N) is 2. The summed E-state index contributed by atoms with van der Waals surface area (Å²) < 4.78 is 27.2. The van der Waals surface area contributed by atoms with Crippen molar-refractivity contribution in [1.82, 2.24) is 0 Å². The van der Waals surface area contributed by atoms with Gasteiger partial charge in [0.2, 0.25) is 0 Å². The van der Waals surface area contributed by atoms with Crippen molar-refractivity contribution in [2.75, 3.05) is 17.3 Å². The molecule has 0 atom stereocenters. The van der Waals surface area contributed by atoms with E-state index in [-0.39, 0.29) is 17.6 Å². The zero-order valence-electron chi connectivity index (χ0n) is 14.1. The summed E-state index contributed by atoms with van der Waals surface area (Å²) in [7, 11) is 1.73. The Morgan fingerprint density at radius 3 is 2.64 bits per heavy atom. The Kier molecular flexibility index (Phi) is 4.65. The molecular formula is C20H19F2N3. The first-order chi connectivity index (χ1) is 12.0. The lowest BCUT2D eigenvalue weighted by Gasteiger charge is -2.22. The summed E-state index contributed by atoms with van der Waals surface area (Å²) in [6.07, 6.45) is 0.580. The van der Waals surface area contributed by atoms with Crippen LogP contribution in [0.2, 0.25) is 0 Å². The highest BCUT2D eigenvalue weighted by atomic mass is 19.1. The van der Waals surface area contributed by atoms with Crippen LogP contribution in [0.1, 0.15) is 12.5 Å². The zero-order chi connectivity index (χ0) is 18.0. The maximum Gasteiger partial charge on any atom is 0.199 e. The highest BCUT2D eigenvalue weighted by Crippen LogP contribution is 2.25. The van der Waals surface area contributed by atoms with Gasteiger partial charge in [0, 0.05) is 23.8 Å². The van der Waals surface area contributed by atoms with Gasteiger partial charge in [0.15, 0.2) is 5.96 Å².